The highest BCUT2D eigenvalue weighted by atomic mass is 16.1. The molecule has 1 atom stereocenters. The Kier molecular flexibility index (Phi) is 3.36. The molecular weight excluding hydrogens is 278 g/mol. The summed E-state index contributed by atoms with van der Waals surface area (Å²) in [6, 6.07) is 9.14. The molecule has 114 valence electrons. The minimum atomic E-state index is -0.124. The van der Waals surface area contributed by atoms with Crippen molar-refractivity contribution in [3.05, 3.63) is 41.7 Å². The van der Waals surface area contributed by atoms with Crippen LogP contribution in [0.3, 0.4) is 0 Å². The smallest absolute Gasteiger partial charge is 0.251 e. The van der Waals surface area contributed by atoms with Crippen molar-refractivity contribution in [1.29, 1.82) is 0 Å². The van der Waals surface area contributed by atoms with Crippen LogP contribution in [0.25, 0.3) is 0 Å². The molecule has 2 fully saturated rings. The van der Waals surface area contributed by atoms with Crippen molar-refractivity contribution in [3.8, 4) is 0 Å². The van der Waals surface area contributed by atoms with Crippen LogP contribution in [0.15, 0.2) is 30.3 Å². The molecule has 0 bridgehead atoms. The SMILES string of the molecule is O=C(N[C@H](c1nnn(CC2CC2)n1)C1CC1)c1ccccc1. The number of carbonyl (C=O) groups is 1. The van der Waals surface area contributed by atoms with E-state index in [4.69, 9.17) is 0 Å². The first-order chi connectivity index (χ1) is 10.8. The lowest BCUT2D eigenvalue weighted by Gasteiger charge is -2.14. The highest BCUT2D eigenvalue weighted by Crippen LogP contribution is 2.40. The second-order valence-corrected chi connectivity index (χ2v) is 6.30. The number of hydrogen-bond acceptors (Lipinski definition) is 4. The molecule has 2 aliphatic rings. The van der Waals surface area contributed by atoms with Gasteiger partial charge in [0.25, 0.3) is 5.91 Å². The Hall–Kier alpha value is -2.24. The number of tetrazole rings is 1. The van der Waals surface area contributed by atoms with Crippen molar-refractivity contribution in [2.24, 2.45) is 11.8 Å². The molecule has 0 saturated heterocycles. The third-order valence-corrected chi connectivity index (χ3v) is 4.28. The predicted octanol–water partition coefficient (Wildman–Crippen LogP) is 1.96. The van der Waals surface area contributed by atoms with Gasteiger partial charge in [0.15, 0.2) is 5.82 Å². The number of carbonyl (C=O) groups excluding carboxylic acids is 1. The fraction of sp³-hybridized carbons (Fsp3) is 0.500. The van der Waals surface area contributed by atoms with Crippen LogP contribution in [0, 0.1) is 11.8 Å². The van der Waals surface area contributed by atoms with E-state index in [0.717, 1.165) is 19.4 Å². The summed E-state index contributed by atoms with van der Waals surface area (Å²) in [5, 5.41) is 15.9. The van der Waals surface area contributed by atoms with Gasteiger partial charge < -0.3 is 5.32 Å². The average molecular weight is 297 g/mol. The number of hydrogen-bond donors (Lipinski definition) is 1. The Labute approximate surface area is 128 Å². The second kappa shape index (κ2) is 5.51. The van der Waals surface area contributed by atoms with E-state index in [1.165, 1.54) is 12.8 Å². The van der Waals surface area contributed by atoms with Crippen molar-refractivity contribution in [2.75, 3.05) is 0 Å². The molecule has 2 aliphatic carbocycles. The molecule has 4 rings (SSSR count). The van der Waals surface area contributed by atoms with E-state index in [1.54, 1.807) is 4.80 Å². The van der Waals surface area contributed by atoms with Gasteiger partial charge in [-0.15, -0.1) is 10.2 Å². The first kappa shape index (κ1) is 13.4. The zero-order chi connectivity index (χ0) is 14.9. The molecule has 1 N–H and O–H groups in total. The van der Waals surface area contributed by atoms with Crippen molar-refractivity contribution < 1.29 is 4.79 Å². The van der Waals surface area contributed by atoms with Gasteiger partial charge in [0.05, 0.1) is 12.6 Å². The standard InChI is InChI=1S/C16H19N5O/c22-16(13-4-2-1-3-5-13)17-14(12-8-9-12)15-18-20-21(19-15)10-11-6-7-11/h1-5,11-12,14H,6-10H2,(H,17,22)/t14-/m0/s1. The van der Waals surface area contributed by atoms with Crippen LogP contribution >= 0.6 is 0 Å². The summed E-state index contributed by atoms with van der Waals surface area (Å²) in [4.78, 5) is 14.0. The zero-order valence-corrected chi connectivity index (χ0v) is 12.4. The monoisotopic (exact) mass is 297 g/mol. The maximum atomic E-state index is 12.4. The summed E-state index contributed by atoms with van der Waals surface area (Å²) >= 11 is 0. The molecule has 22 heavy (non-hydrogen) atoms. The first-order valence-electron chi connectivity index (χ1n) is 7.93. The van der Waals surface area contributed by atoms with E-state index < -0.39 is 0 Å². The lowest BCUT2D eigenvalue weighted by atomic mass is 10.1. The van der Waals surface area contributed by atoms with Crippen LogP contribution in [0.2, 0.25) is 0 Å². The minimum Gasteiger partial charge on any atom is -0.342 e. The number of rotatable bonds is 6. The quantitative estimate of drug-likeness (QED) is 0.884. The Morgan fingerprint density at radius 2 is 2.00 bits per heavy atom. The molecule has 1 aromatic carbocycles. The Morgan fingerprint density at radius 3 is 2.68 bits per heavy atom. The highest BCUT2D eigenvalue weighted by molar-refractivity contribution is 5.94. The third kappa shape index (κ3) is 3.00. The van der Waals surface area contributed by atoms with Crippen LogP contribution in [0.1, 0.15) is 47.9 Å². The van der Waals surface area contributed by atoms with Gasteiger partial charge in [-0.05, 0) is 54.9 Å². The van der Waals surface area contributed by atoms with E-state index >= 15 is 0 Å². The van der Waals surface area contributed by atoms with Crippen LogP contribution < -0.4 is 5.32 Å². The molecule has 0 spiro atoms. The number of nitrogens with zero attached hydrogens (tertiary/aromatic N) is 4. The molecule has 1 amide bonds. The summed E-state index contributed by atoms with van der Waals surface area (Å²) in [7, 11) is 0. The van der Waals surface area contributed by atoms with Crippen molar-refractivity contribution in [1.82, 2.24) is 25.5 Å². The summed E-state index contributed by atoms with van der Waals surface area (Å²) in [6.07, 6.45) is 4.73. The molecule has 6 heteroatoms. The molecular formula is C16H19N5O. The lowest BCUT2D eigenvalue weighted by molar-refractivity contribution is 0.0929. The van der Waals surface area contributed by atoms with Gasteiger partial charge in [0.1, 0.15) is 0 Å². The Balaban J connectivity index is 1.48. The van der Waals surface area contributed by atoms with Gasteiger partial charge in [-0.1, -0.05) is 18.2 Å². The van der Waals surface area contributed by atoms with Crippen molar-refractivity contribution >= 4 is 5.91 Å². The summed E-state index contributed by atoms with van der Waals surface area (Å²) < 4.78 is 0. The first-order valence-corrected chi connectivity index (χ1v) is 7.93. The van der Waals surface area contributed by atoms with Gasteiger partial charge in [-0.25, -0.2) is 0 Å². The number of amides is 1. The largest absolute Gasteiger partial charge is 0.342 e. The average Bonchev–Trinajstić information content (AvgIpc) is 3.45. The third-order valence-electron chi connectivity index (χ3n) is 4.28. The number of benzene rings is 1. The molecule has 2 aromatic rings. The molecule has 1 aromatic heterocycles. The van der Waals surface area contributed by atoms with Crippen LogP contribution in [0.4, 0.5) is 0 Å². The molecule has 6 nitrogen and oxygen atoms in total. The highest BCUT2D eigenvalue weighted by Gasteiger charge is 2.36. The summed E-state index contributed by atoms with van der Waals surface area (Å²) in [5.41, 5.74) is 0.665. The van der Waals surface area contributed by atoms with Crippen molar-refractivity contribution in [3.63, 3.8) is 0 Å². The topological polar surface area (TPSA) is 72.7 Å². The minimum absolute atomic E-state index is 0.0731. The van der Waals surface area contributed by atoms with Gasteiger partial charge in [0, 0.05) is 5.56 Å². The lowest BCUT2D eigenvalue weighted by Crippen LogP contribution is -2.30. The van der Waals surface area contributed by atoms with Crippen LogP contribution in [0.5, 0.6) is 0 Å². The zero-order valence-electron chi connectivity index (χ0n) is 12.4. The molecule has 0 unspecified atom stereocenters. The van der Waals surface area contributed by atoms with Crippen LogP contribution in [-0.2, 0) is 6.54 Å². The molecule has 2 saturated carbocycles. The molecule has 0 aliphatic heterocycles. The fourth-order valence-electron chi connectivity index (χ4n) is 2.63. The second-order valence-electron chi connectivity index (χ2n) is 6.30. The van der Waals surface area contributed by atoms with Gasteiger partial charge in [0.2, 0.25) is 0 Å². The Bertz CT molecular complexity index is 660. The van der Waals surface area contributed by atoms with Gasteiger partial charge in [-0.2, -0.15) is 4.80 Å². The Morgan fingerprint density at radius 1 is 1.23 bits per heavy atom. The van der Waals surface area contributed by atoms with Gasteiger partial charge in [-0.3, -0.25) is 4.79 Å². The predicted molar refractivity (Wildman–Crippen MR) is 79.9 cm³/mol. The number of nitrogens with one attached hydrogen (secondary N) is 1. The van der Waals surface area contributed by atoms with Crippen LogP contribution in [-0.4, -0.2) is 26.1 Å². The normalized spacial score (nSPS) is 18.9. The maximum absolute atomic E-state index is 12.4. The van der Waals surface area contributed by atoms with E-state index in [2.05, 4.69) is 20.7 Å². The summed E-state index contributed by atoms with van der Waals surface area (Å²) in [5.74, 6) is 1.72. The molecule has 0 radical (unpaired) electrons. The maximum Gasteiger partial charge on any atom is 0.251 e. The number of aromatic nitrogens is 4. The van der Waals surface area contributed by atoms with E-state index in [0.29, 0.717) is 23.2 Å². The van der Waals surface area contributed by atoms with E-state index in [1.807, 2.05) is 30.3 Å². The van der Waals surface area contributed by atoms with Crippen molar-refractivity contribution in [2.45, 2.75) is 38.3 Å². The fourth-order valence-corrected chi connectivity index (χ4v) is 2.63. The van der Waals surface area contributed by atoms with Gasteiger partial charge >= 0.3 is 0 Å². The molecule has 1 heterocycles. The van der Waals surface area contributed by atoms with E-state index in [-0.39, 0.29) is 11.9 Å². The summed E-state index contributed by atoms with van der Waals surface area (Å²) in [6.45, 7) is 0.844. The van der Waals surface area contributed by atoms with E-state index in [9.17, 15) is 4.79 Å².